The van der Waals surface area contributed by atoms with Crippen LogP contribution in [-0.4, -0.2) is 79.8 Å². The maximum Gasteiger partial charge on any atom is 0.305 e. The zero-order valence-electron chi connectivity index (χ0n) is 16.4. The largest absolute Gasteiger partial charge is 0.571 e. The Morgan fingerprint density at radius 3 is 2.52 bits per heavy atom. The molecule has 0 bridgehead atoms. The summed E-state index contributed by atoms with van der Waals surface area (Å²) in [5.41, 5.74) is 0.762. The second-order valence-electron chi connectivity index (χ2n) is 7.22. The third kappa shape index (κ3) is 3.81. The number of hydrogen-bond acceptors (Lipinski definition) is 9. The first-order valence-electron chi connectivity index (χ1n) is 9.47. The molecular weight excluding hydrogens is 412 g/mol. The van der Waals surface area contributed by atoms with Crippen LogP contribution in [0, 0.1) is 0 Å². The molecule has 2 aliphatic heterocycles. The number of rotatable bonds is 5. The van der Waals surface area contributed by atoms with Gasteiger partial charge >= 0.3 is 5.76 Å². The Morgan fingerprint density at radius 1 is 1.10 bits per heavy atom. The molecule has 1 saturated heterocycles. The van der Waals surface area contributed by atoms with Crippen molar-refractivity contribution in [3.63, 3.8) is 0 Å². The summed E-state index contributed by atoms with van der Waals surface area (Å²) in [6.07, 6.45) is -1.80. The van der Waals surface area contributed by atoms with Crippen LogP contribution in [0.2, 0.25) is 0 Å². The quantitative estimate of drug-likeness (QED) is 0.356. The highest BCUT2D eigenvalue weighted by Crippen LogP contribution is 2.38. The van der Waals surface area contributed by atoms with Gasteiger partial charge in [0.2, 0.25) is 18.2 Å². The summed E-state index contributed by atoms with van der Waals surface area (Å²) in [7, 11) is 1.41. The molecule has 0 spiro atoms. The summed E-state index contributed by atoms with van der Waals surface area (Å²) >= 11 is 0. The number of aliphatic hydroxyl groups excluding tert-OH is 5. The minimum absolute atomic E-state index is 0.0837. The van der Waals surface area contributed by atoms with Crippen molar-refractivity contribution in [1.29, 1.82) is 0 Å². The van der Waals surface area contributed by atoms with Crippen LogP contribution in [0.25, 0.3) is 5.76 Å². The smallest absolute Gasteiger partial charge is 0.305 e. The maximum atomic E-state index is 10.2. The van der Waals surface area contributed by atoms with E-state index in [0.29, 0.717) is 11.1 Å². The van der Waals surface area contributed by atoms with E-state index in [4.69, 9.17) is 14.2 Å². The van der Waals surface area contributed by atoms with Crippen LogP contribution in [-0.2, 0) is 9.47 Å². The number of ether oxygens (including phenoxy) is 4. The first-order chi connectivity index (χ1) is 14.8. The van der Waals surface area contributed by atoms with Crippen LogP contribution in [0.4, 0.5) is 0 Å². The number of fused-ring (bicyclic) bond motifs is 1. The van der Waals surface area contributed by atoms with Crippen molar-refractivity contribution in [3.05, 3.63) is 64.8 Å². The van der Waals surface area contributed by atoms with Gasteiger partial charge in [-0.3, -0.25) is 0 Å². The number of hydrogen-bond donors (Lipinski definition) is 6. The van der Waals surface area contributed by atoms with Crippen LogP contribution >= 0.6 is 0 Å². The minimum Gasteiger partial charge on any atom is -0.571 e. The highest BCUT2D eigenvalue weighted by molar-refractivity contribution is 5.69. The monoisotopic (exact) mass is 435 g/mol. The summed E-state index contributed by atoms with van der Waals surface area (Å²) in [6, 6.07) is 4.56. The molecule has 0 radical (unpaired) electrons. The van der Waals surface area contributed by atoms with Crippen molar-refractivity contribution in [1.82, 2.24) is 0 Å². The Bertz CT molecular complexity index is 992. The molecular formula is C21H23O10+. The van der Waals surface area contributed by atoms with Gasteiger partial charge in [-0.25, -0.2) is 0 Å². The molecule has 0 aromatic heterocycles. The molecule has 10 nitrogen and oxygen atoms in total. The summed E-state index contributed by atoms with van der Waals surface area (Å²) in [4.78, 5) is 0. The standard InChI is InChI=1S/C21H22O10/c1-28-14-3-2-9(4-13(14)25)20-16(30-21-19(27)18(26)17(8-22)31-21)7-11-12(24)5-10(23)6-15(11)29-20/h2-7,15,17-19,21-27H,8H2,1H3/p+1/t15?,17-,18+,19-,21-/m1/s1. The van der Waals surface area contributed by atoms with Crippen LogP contribution < -0.4 is 4.74 Å². The number of methoxy groups -OCH3 is 1. The molecule has 5 atom stereocenters. The van der Waals surface area contributed by atoms with E-state index >= 15 is 0 Å². The fraction of sp³-hybridized carbons (Fsp3) is 0.333. The number of phenolic OH excluding ortho intramolecular Hbond substituents is 1. The lowest BCUT2D eigenvalue weighted by Crippen LogP contribution is -2.35. The number of allylic oxidation sites excluding steroid dienone is 2. The van der Waals surface area contributed by atoms with E-state index in [-0.39, 0.29) is 34.5 Å². The number of aliphatic hydroxyl groups is 7. The van der Waals surface area contributed by atoms with Crippen molar-refractivity contribution in [2.45, 2.75) is 30.7 Å². The highest BCUT2D eigenvalue weighted by atomic mass is 16.7. The molecule has 1 aromatic carbocycles. The molecule has 0 saturated carbocycles. The zero-order chi connectivity index (χ0) is 22.3. The van der Waals surface area contributed by atoms with Gasteiger partial charge in [-0.15, -0.1) is 0 Å². The third-order valence-corrected chi connectivity index (χ3v) is 5.21. The predicted octanol–water partition coefficient (Wildman–Crippen LogP) is 0.259. The molecule has 7 N–H and O–H groups in total. The van der Waals surface area contributed by atoms with E-state index in [1.165, 1.54) is 31.4 Å². The van der Waals surface area contributed by atoms with Crippen LogP contribution in [0.3, 0.4) is 0 Å². The average Bonchev–Trinajstić information content (AvgIpc) is 3.01. The summed E-state index contributed by atoms with van der Waals surface area (Å²) in [5.74, 6) is 0.0528. The van der Waals surface area contributed by atoms with Gasteiger partial charge in [0.05, 0.1) is 30.9 Å². The first kappa shape index (κ1) is 21.1. The van der Waals surface area contributed by atoms with Gasteiger partial charge in [0.25, 0.3) is 0 Å². The van der Waals surface area contributed by atoms with Gasteiger partial charge in [-0.05, 0) is 12.1 Å². The molecule has 1 unspecified atom stereocenters. The predicted molar refractivity (Wildman–Crippen MR) is 106 cm³/mol. The van der Waals surface area contributed by atoms with Crippen molar-refractivity contribution in [3.8, 4) is 11.5 Å². The molecule has 10 heteroatoms. The highest BCUT2D eigenvalue weighted by Gasteiger charge is 2.45. The molecule has 2 heterocycles. The maximum absolute atomic E-state index is 10.2. The minimum atomic E-state index is -1.44. The van der Waals surface area contributed by atoms with E-state index < -0.39 is 37.3 Å². The summed E-state index contributed by atoms with van der Waals surface area (Å²) < 4.78 is 20.8. The topological polar surface area (TPSA) is 162 Å². The first-order valence-corrected chi connectivity index (χ1v) is 9.47. The Balaban J connectivity index is 1.75. The van der Waals surface area contributed by atoms with Crippen molar-refractivity contribution >= 4 is 5.76 Å². The molecule has 1 fully saturated rings. The molecule has 4 rings (SSSR count). The van der Waals surface area contributed by atoms with Gasteiger partial charge in [-0.1, -0.05) is 0 Å². The second kappa shape index (κ2) is 8.16. The van der Waals surface area contributed by atoms with Gasteiger partial charge in [-0.2, -0.15) is 0 Å². The second-order valence-corrected chi connectivity index (χ2v) is 7.22. The lowest BCUT2D eigenvalue weighted by Gasteiger charge is -2.27. The van der Waals surface area contributed by atoms with Gasteiger partial charge in [0.15, 0.2) is 11.5 Å². The molecule has 1 aromatic rings. The lowest BCUT2D eigenvalue weighted by molar-refractivity contribution is -0.147. The Morgan fingerprint density at radius 2 is 1.87 bits per heavy atom. The SMILES string of the molecule is COc1ccc(C2=C(O[C@@H]3O[C@H](CO)[C@H](O)[C@H]3O)C=C3C(O)=CC(O)=CC3[OH+]2)cc1O. The number of benzene rings is 1. The van der Waals surface area contributed by atoms with Crippen LogP contribution in [0.1, 0.15) is 5.56 Å². The zero-order valence-corrected chi connectivity index (χ0v) is 16.4. The van der Waals surface area contributed by atoms with Crippen LogP contribution in [0.15, 0.2) is 59.3 Å². The van der Waals surface area contributed by atoms with Gasteiger partial charge in [0, 0.05) is 18.2 Å². The van der Waals surface area contributed by atoms with Crippen molar-refractivity contribution in [2.75, 3.05) is 13.7 Å². The summed E-state index contributed by atoms with van der Waals surface area (Å²) in [5, 5.41) is 59.8. The van der Waals surface area contributed by atoms with E-state index in [1.807, 2.05) is 0 Å². The third-order valence-electron chi connectivity index (χ3n) is 5.21. The van der Waals surface area contributed by atoms with E-state index in [9.17, 15) is 30.6 Å². The molecule has 3 aliphatic rings. The van der Waals surface area contributed by atoms with Crippen LogP contribution in [0.5, 0.6) is 11.5 Å². The molecule has 0 amide bonds. The molecule has 166 valence electrons. The lowest BCUT2D eigenvalue weighted by atomic mass is 9.97. The Kier molecular flexibility index (Phi) is 5.54. The van der Waals surface area contributed by atoms with Gasteiger partial charge < -0.3 is 49.6 Å². The Labute approximate surface area is 176 Å². The van der Waals surface area contributed by atoms with Crippen molar-refractivity contribution < 1.29 is 49.6 Å². The number of aromatic hydroxyl groups is 1. The normalized spacial score (nSPS) is 30.1. The van der Waals surface area contributed by atoms with Crippen molar-refractivity contribution in [2.24, 2.45) is 0 Å². The Hall–Kier alpha value is -3.18. The van der Waals surface area contributed by atoms with Gasteiger partial charge in [0.1, 0.15) is 29.8 Å². The van der Waals surface area contributed by atoms with E-state index in [1.54, 1.807) is 6.07 Å². The fourth-order valence-electron chi connectivity index (χ4n) is 3.58. The summed E-state index contributed by atoms with van der Waals surface area (Å²) in [6.45, 7) is -0.516. The van der Waals surface area contributed by atoms with E-state index in [2.05, 4.69) is 4.74 Å². The molecule has 31 heavy (non-hydrogen) atoms. The fourth-order valence-corrected chi connectivity index (χ4v) is 3.58. The number of phenols is 1. The van der Waals surface area contributed by atoms with E-state index in [0.717, 1.165) is 6.08 Å². The molecule has 1 aliphatic carbocycles. The average molecular weight is 435 g/mol.